The van der Waals surface area contributed by atoms with Gasteiger partial charge in [0.05, 0.1) is 0 Å². The molecule has 3 N–H and O–H groups in total. The predicted molar refractivity (Wildman–Crippen MR) is 78.3 cm³/mol. The van der Waals surface area contributed by atoms with E-state index in [2.05, 4.69) is 20.0 Å². The molecule has 0 bridgehead atoms. The maximum absolute atomic E-state index is 12.2. The van der Waals surface area contributed by atoms with Crippen LogP contribution in [-0.4, -0.2) is 24.4 Å². The molecule has 2 aromatic rings. The molecule has 0 unspecified atom stereocenters. The van der Waals surface area contributed by atoms with E-state index in [4.69, 9.17) is 0 Å². The van der Waals surface area contributed by atoms with Gasteiger partial charge in [0, 0.05) is 35.6 Å². The molecule has 6 nitrogen and oxygen atoms in total. The van der Waals surface area contributed by atoms with Crippen LogP contribution in [0.5, 0.6) is 0 Å². The van der Waals surface area contributed by atoms with Crippen molar-refractivity contribution in [3.05, 3.63) is 29.0 Å². The molecule has 108 valence electrons. The van der Waals surface area contributed by atoms with Gasteiger partial charge in [-0.3, -0.25) is 4.72 Å². The summed E-state index contributed by atoms with van der Waals surface area (Å²) in [7, 11) is -3.56. The van der Waals surface area contributed by atoms with E-state index in [1.54, 1.807) is 12.3 Å². The Bertz CT molecular complexity index is 701. The third kappa shape index (κ3) is 3.20. The van der Waals surface area contributed by atoms with Gasteiger partial charge in [0.25, 0.3) is 10.0 Å². The van der Waals surface area contributed by atoms with Gasteiger partial charge in [-0.15, -0.1) is 11.3 Å². The lowest BCUT2D eigenvalue weighted by molar-refractivity contribution is 0.601. The number of aromatic amines is 1. The molecule has 2 heterocycles. The van der Waals surface area contributed by atoms with Crippen molar-refractivity contribution in [2.24, 2.45) is 0 Å². The first-order valence-electron chi connectivity index (χ1n) is 6.39. The summed E-state index contributed by atoms with van der Waals surface area (Å²) in [5.74, 6) is 0. The molecular formula is C12H16N4O2S2. The standard InChI is InChI=1S/C12H16N4O2S2/c1-8-5-15-12(19-8)16-20(17,18)11-4-10(14-7-11)6-13-9-2-3-9/h4-5,7,9,13-14H,2-3,6H2,1H3,(H,15,16). The van der Waals surface area contributed by atoms with E-state index in [-0.39, 0.29) is 4.90 Å². The number of thiazole rings is 1. The molecule has 2 aromatic heterocycles. The zero-order valence-corrected chi connectivity index (χ0v) is 12.6. The minimum Gasteiger partial charge on any atom is -0.363 e. The molecule has 1 saturated carbocycles. The van der Waals surface area contributed by atoms with Crippen LogP contribution in [0.4, 0.5) is 5.13 Å². The molecule has 1 aliphatic carbocycles. The Morgan fingerprint density at radius 2 is 2.30 bits per heavy atom. The van der Waals surface area contributed by atoms with Gasteiger partial charge in [-0.1, -0.05) is 0 Å². The smallest absolute Gasteiger partial charge is 0.265 e. The van der Waals surface area contributed by atoms with Gasteiger partial charge in [-0.25, -0.2) is 13.4 Å². The highest BCUT2D eigenvalue weighted by Gasteiger charge is 2.21. The van der Waals surface area contributed by atoms with Gasteiger partial charge in [-0.05, 0) is 25.8 Å². The molecule has 0 atom stereocenters. The molecule has 0 aliphatic heterocycles. The van der Waals surface area contributed by atoms with Gasteiger partial charge in [0.2, 0.25) is 0 Å². The molecule has 3 rings (SSSR count). The number of nitrogens with zero attached hydrogens (tertiary/aromatic N) is 1. The summed E-state index contributed by atoms with van der Waals surface area (Å²) in [6.07, 6.45) is 5.56. The number of rotatable bonds is 6. The van der Waals surface area contributed by atoms with Crippen LogP contribution >= 0.6 is 11.3 Å². The topological polar surface area (TPSA) is 86.9 Å². The third-order valence-electron chi connectivity index (χ3n) is 3.03. The lowest BCUT2D eigenvalue weighted by Gasteiger charge is -2.02. The largest absolute Gasteiger partial charge is 0.363 e. The fourth-order valence-electron chi connectivity index (χ4n) is 1.79. The molecule has 1 fully saturated rings. The van der Waals surface area contributed by atoms with Crippen LogP contribution in [0.25, 0.3) is 0 Å². The van der Waals surface area contributed by atoms with E-state index in [1.165, 1.54) is 30.4 Å². The second-order valence-corrected chi connectivity index (χ2v) is 7.81. The van der Waals surface area contributed by atoms with Crippen molar-refractivity contribution in [3.8, 4) is 0 Å². The Hall–Kier alpha value is -1.38. The molecule has 8 heteroatoms. The first kappa shape index (κ1) is 13.6. The maximum atomic E-state index is 12.2. The number of anilines is 1. The summed E-state index contributed by atoms with van der Waals surface area (Å²) in [6.45, 7) is 2.55. The number of hydrogen-bond donors (Lipinski definition) is 3. The highest BCUT2D eigenvalue weighted by molar-refractivity contribution is 7.93. The van der Waals surface area contributed by atoms with Crippen LogP contribution in [0.3, 0.4) is 0 Å². The van der Waals surface area contributed by atoms with Crippen molar-refractivity contribution < 1.29 is 8.42 Å². The Balaban J connectivity index is 1.69. The molecule has 0 radical (unpaired) electrons. The summed E-state index contributed by atoms with van der Waals surface area (Å²) in [6, 6.07) is 2.24. The van der Waals surface area contributed by atoms with Crippen molar-refractivity contribution in [2.75, 3.05) is 4.72 Å². The Kier molecular flexibility index (Phi) is 3.53. The van der Waals surface area contributed by atoms with Crippen LogP contribution in [0.1, 0.15) is 23.4 Å². The minimum absolute atomic E-state index is 0.234. The van der Waals surface area contributed by atoms with Gasteiger partial charge in [0.15, 0.2) is 5.13 Å². The summed E-state index contributed by atoms with van der Waals surface area (Å²) in [4.78, 5) is 8.19. The number of sulfonamides is 1. The molecule has 20 heavy (non-hydrogen) atoms. The lowest BCUT2D eigenvalue weighted by atomic mass is 10.4. The third-order valence-corrected chi connectivity index (χ3v) is 5.30. The summed E-state index contributed by atoms with van der Waals surface area (Å²) >= 11 is 1.31. The monoisotopic (exact) mass is 312 g/mol. The van der Waals surface area contributed by atoms with Crippen LogP contribution in [0.15, 0.2) is 23.4 Å². The average Bonchev–Trinajstić information content (AvgIpc) is 2.93. The molecule has 0 saturated heterocycles. The summed E-state index contributed by atoms with van der Waals surface area (Å²) in [5.41, 5.74) is 0.868. The van der Waals surface area contributed by atoms with Gasteiger partial charge >= 0.3 is 0 Å². The van der Waals surface area contributed by atoms with Crippen molar-refractivity contribution >= 4 is 26.5 Å². The Labute approximate surface area is 121 Å². The van der Waals surface area contributed by atoms with E-state index in [0.717, 1.165) is 10.6 Å². The first-order valence-corrected chi connectivity index (χ1v) is 8.69. The van der Waals surface area contributed by atoms with E-state index in [1.807, 2.05) is 6.92 Å². The molecule has 1 aliphatic rings. The van der Waals surface area contributed by atoms with Crippen molar-refractivity contribution in [2.45, 2.75) is 37.2 Å². The lowest BCUT2D eigenvalue weighted by Crippen LogP contribution is -2.15. The number of nitrogens with one attached hydrogen (secondary N) is 3. The molecular weight excluding hydrogens is 296 g/mol. The SMILES string of the molecule is Cc1cnc(NS(=O)(=O)c2c[nH]c(CNC3CC3)c2)s1. The number of H-pyrrole nitrogens is 1. The fourth-order valence-corrected chi connectivity index (χ4v) is 3.72. The average molecular weight is 312 g/mol. The molecule has 0 spiro atoms. The second kappa shape index (κ2) is 5.19. The van der Waals surface area contributed by atoms with Gasteiger partial charge in [0.1, 0.15) is 4.90 Å². The number of hydrogen-bond acceptors (Lipinski definition) is 5. The normalized spacial score (nSPS) is 15.4. The van der Waals surface area contributed by atoms with Crippen LogP contribution in [0.2, 0.25) is 0 Å². The zero-order chi connectivity index (χ0) is 14.2. The molecule has 0 aromatic carbocycles. The number of aromatic nitrogens is 2. The molecule has 0 amide bonds. The van der Waals surface area contributed by atoms with E-state index in [0.29, 0.717) is 17.7 Å². The number of aryl methyl sites for hydroxylation is 1. The Morgan fingerprint density at radius 1 is 1.50 bits per heavy atom. The van der Waals surface area contributed by atoms with Gasteiger partial charge in [-0.2, -0.15) is 0 Å². The van der Waals surface area contributed by atoms with Crippen molar-refractivity contribution in [1.82, 2.24) is 15.3 Å². The van der Waals surface area contributed by atoms with Crippen LogP contribution in [0, 0.1) is 6.92 Å². The predicted octanol–water partition coefficient (Wildman–Crippen LogP) is 1.83. The van der Waals surface area contributed by atoms with Gasteiger partial charge < -0.3 is 10.3 Å². The van der Waals surface area contributed by atoms with Crippen LogP contribution < -0.4 is 10.0 Å². The minimum atomic E-state index is -3.56. The van der Waals surface area contributed by atoms with Crippen molar-refractivity contribution in [1.29, 1.82) is 0 Å². The fraction of sp³-hybridized carbons (Fsp3) is 0.417. The Morgan fingerprint density at radius 3 is 2.95 bits per heavy atom. The van der Waals surface area contributed by atoms with Crippen LogP contribution in [-0.2, 0) is 16.6 Å². The second-order valence-electron chi connectivity index (χ2n) is 4.90. The summed E-state index contributed by atoms with van der Waals surface area (Å²) in [5, 5.41) is 3.72. The van der Waals surface area contributed by atoms with Crippen molar-refractivity contribution in [3.63, 3.8) is 0 Å². The van der Waals surface area contributed by atoms with E-state index in [9.17, 15) is 8.42 Å². The van der Waals surface area contributed by atoms with E-state index >= 15 is 0 Å². The maximum Gasteiger partial charge on any atom is 0.265 e. The first-order chi connectivity index (χ1) is 9.53. The summed E-state index contributed by atoms with van der Waals surface area (Å²) < 4.78 is 26.9. The van der Waals surface area contributed by atoms with E-state index < -0.39 is 10.0 Å². The zero-order valence-electron chi connectivity index (χ0n) is 11.0. The quantitative estimate of drug-likeness (QED) is 0.759. The highest BCUT2D eigenvalue weighted by Crippen LogP contribution is 2.22. The highest BCUT2D eigenvalue weighted by atomic mass is 32.2.